The molecular weight excluding hydrogens is 264 g/mol. The van der Waals surface area contributed by atoms with Crippen molar-refractivity contribution in [2.24, 2.45) is 0 Å². The van der Waals surface area contributed by atoms with Crippen LogP contribution in [0.1, 0.15) is 22.3 Å². The highest BCUT2D eigenvalue weighted by molar-refractivity contribution is 5.95. The van der Waals surface area contributed by atoms with E-state index in [1.54, 1.807) is 25.2 Å². The number of nitrogen functional groups attached to an aromatic ring is 1. The van der Waals surface area contributed by atoms with Gasteiger partial charge in [0, 0.05) is 12.6 Å². The quantitative estimate of drug-likeness (QED) is 0.633. The number of carbonyl (C=O) groups is 1. The number of nitrogens with two attached hydrogens (primary N) is 1. The molecule has 4 heteroatoms. The van der Waals surface area contributed by atoms with Crippen molar-refractivity contribution in [2.45, 2.75) is 12.8 Å². The molecule has 0 bridgehead atoms. The Labute approximate surface area is 124 Å². The first-order valence-corrected chi connectivity index (χ1v) is 6.99. The molecule has 0 unspecified atom stereocenters. The largest absolute Gasteiger partial charge is 0.491 e. The topological polar surface area (TPSA) is 64.3 Å². The van der Waals surface area contributed by atoms with Gasteiger partial charge >= 0.3 is 0 Å². The Hall–Kier alpha value is -2.49. The first-order chi connectivity index (χ1) is 10.2. The molecule has 0 aliphatic rings. The van der Waals surface area contributed by atoms with Crippen LogP contribution in [0, 0.1) is 0 Å². The van der Waals surface area contributed by atoms with Crippen LogP contribution in [0.3, 0.4) is 0 Å². The Balaban J connectivity index is 1.85. The summed E-state index contributed by atoms with van der Waals surface area (Å²) < 4.78 is 5.67. The number of anilines is 1. The molecule has 0 saturated carbocycles. The van der Waals surface area contributed by atoms with Crippen molar-refractivity contribution in [1.82, 2.24) is 5.32 Å². The SMILES string of the molecule is CNC(=O)c1ccc(OCCCc2ccccc2)c(N)c1. The van der Waals surface area contributed by atoms with E-state index in [-0.39, 0.29) is 5.91 Å². The van der Waals surface area contributed by atoms with Crippen molar-refractivity contribution in [3.63, 3.8) is 0 Å². The maximum atomic E-state index is 11.5. The lowest BCUT2D eigenvalue weighted by molar-refractivity contribution is 0.0963. The molecule has 3 N–H and O–H groups in total. The third kappa shape index (κ3) is 4.24. The highest BCUT2D eigenvalue weighted by atomic mass is 16.5. The molecule has 0 aromatic heterocycles. The molecule has 110 valence electrons. The number of amides is 1. The zero-order valence-electron chi connectivity index (χ0n) is 12.1. The Morgan fingerprint density at radius 2 is 1.95 bits per heavy atom. The summed E-state index contributed by atoms with van der Waals surface area (Å²) in [6.45, 7) is 0.596. The van der Waals surface area contributed by atoms with Crippen LogP contribution in [0.15, 0.2) is 48.5 Å². The van der Waals surface area contributed by atoms with E-state index in [2.05, 4.69) is 17.4 Å². The molecule has 0 heterocycles. The van der Waals surface area contributed by atoms with E-state index in [1.165, 1.54) is 5.56 Å². The van der Waals surface area contributed by atoms with Gasteiger partial charge in [-0.1, -0.05) is 30.3 Å². The van der Waals surface area contributed by atoms with Crippen molar-refractivity contribution < 1.29 is 9.53 Å². The van der Waals surface area contributed by atoms with Gasteiger partial charge in [0.25, 0.3) is 5.91 Å². The maximum Gasteiger partial charge on any atom is 0.251 e. The van der Waals surface area contributed by atoms with Gasteiger partial charge < -0.3 is 15.8 Å². The third-order valence-electron chi connectivity index (χ3n) is 3.21. The molecule has 0 saturated heterocycles. The molecule has 2 aromatic carbocycles. The molecule has 21 heavy (non-hydrogen) atoms. The van der Waals surface area contributed by atoms with Crippen LogP contribution in [-0.4, -0.2) is 19.6 Å². The second kappa shape index (κ2) is 7.33. The van der Waals surface area contributed by atoms with Gasteiger partial charge in [0.15, 0.2) is 0 Å². The summed E-state index contributed by atoms with van der Waals surface area (Å²) >= 11 is 0. The van der Waals surface area contributed by atoms with Gasteiger partial charge in [0.2, 0.25) is 0 Å². The summed E-state index contributed by atoms with van der Waals surface area (Å²) in [7, 11) is 1.59. The van der Waals surface area contributed by atoms with E-state index >= 15 is 0 Å². The third-order valence-corrected chi connectivity index (χ3v) is 3.21. The number of benzene rings is 2. The second-order valence-corrected chi connectivity index (χ2v) is 4.77. The number of aryl methyl sites for hydroxylation is 1. The van der Waals surface area contributed by atoms with Gasteiger partial charge in [-0.05, 0) is 36.6 Å². The molecule has 2 rings (SSSR count). The fourth-order valence-corrected chi connectivity index (χ4v) is 2.07. The maximum absolute atomic E-state index is 11.5. The highest BCUT2D eigenvalue weighted by Crippen LogP contribution is 2.22. The van der Waals surface area contributed by atoms with Gasteiger partial charge in [-0.3, -0.25) is 4.79 Å². The van der Waals surface area contributed by atoms with Crippen LogP contribution in [-0.2, 0) is 6.42 Å². The van der Waals surface area contributed by atoms with Gasteiger partial charge in [-0.25, -0.2) is 0 Å². The minimum absolute atomic E-state index is 0.155. The van der Waals surface area contributed by atoms with Crippen molar-refractivity contribution in [3.8, 4) is 5.75 Å². The summed E-state index contributed by atoms with van der Waals surface area (Å²) in [4.78, 5) is 11.5. The summed E-state index contributed by atoms with van der Waals surface area (Å²) in [5, 5.41) is 2.56. The van der Waals surface area contributed by atoms with Crippen LogP contribution in [0.2, 0.25) is 0 Å². The summed E-state index contributed by atoms with van der Waals surface area (Å²) in [5.74, 6) is 0.466. The minimum atomic E-state index is -0.155. The van der Waals surface area contributed by atoms with E-state index < -0.39 is 0 Å². The van der Waals surface area contributed by atoms with Crippen molar-refractivity contribution in [1.29, 1.82) is 0 Å². The summed E-state index contributed by atoms with van der Waals surface area (Å²) in [6.07, 6.45) is 1.89. The number of carbonyl (C=O) groups excluding carboxylic acids is 1. The monoisotopic (exact) mass is 284 g/mol. The number of rotatable bonds is 6. The molecule has 0 fully saturated rings. The van der Waals surface area contributed by atoms with Gasteiger partial charge in [0.1, 0.15) is 5.75 Å². The lowest BCUT2D eigenvalue weighted by Gasteiger charge is -2.10. The number of ether oxygens (including phenoxy) is 1. The Morgan fingerprint density at radius 1 is 1.19 bits per heavy atom. The molecule has 1 amide bonds. The molecule has 0 aliphatic heterocycles. The smallest absolute Gasteiger partial charge is 0.251 e. The zero-order chi connectivity index (χ0) is 15.1. The Kier molecular flexibility index (Phi) is 5.21. The van der Waals surface area contributed by atoms with Crippen LogP contribution in [0.25, 0.3) is 0 Å². The van der Waals surface area contributed by atoms with Gasteiger partial charge in [-0.15, -0.1) is 0 Å². The highest BCUT2D eigenvalue weighted by Gasteiger charge is 2.07. The van der Waals surface area contributed by atoms with E-state index in [0.29, 0.717) is 23.6 Å². The van der Waals surface area contributed by atoms with E-state index in [9.17, 15) is 4.79 Å². The average Bonchev–Trinajstić information content (AvgIpc) is 2.53. The van der Waals surface area contributed by atoms with Gasteiger partial charge in [0.05, 0.1) is 12.3 Å². The van der Waals surface area contributed by atoms with Crippen molar-refractivity contribution >= 4 is 11.6 Å². The number of hydrogen-bond acceptors (Lipinski definition) is 3. The van der Waals surface area contributed by atoms with Crippen molar-refractivity contribution in [2.75, 3.05) is 19.4 Å². The first-order valence-electron chi connectivity index (χ1n) is 6.99. The summed E-state index contributed by atoms with van der Waals surface area (Å²) in [5.41, 5.74) is 8.21. The Bertz CT molecular complexity index is 597. The van der Waals surface area contributed by atoms with Crippen LogP contribution in [0.5, 0.6) is 5.75 Å². The van der Waals surface area contributed by atoms with Crippen molar-refractivity contribution in [3.05, 3.63) is 59.7 Å². The lowest BCUT2D eigenvalue weighted by atomic mass is 10.1. The van der Waals surface area contributed by atoms with Crippen LogP contribution < -0.4 is 15.8 Å². The average molecular weight is 284 g/mol. The predicted octanol–water partition coefficient (Wildman–Crippen LogP) is 2.64. The fourth-order valence-electron chi connectivity index (χ4n) is 2.07. The standard InChI is InChI=1S/C17H20N2O2/c1-19-17(20)14-9-10-16(15(18)12-14)21-11-5-8-13-6-3-2-4-7-13/h2-4,6-7,9-10,12H,5,8,11,18H2,1H3,(H,19,20). The summed E-state index contributed by atoms with van der Waals surface area (Å²) in [6, 6.07) is 15.4. The molecule has 4 nitrogen and oxygen atoms in total. The number of nitrogens with one attached hydrogen (secondary N) is 1. The molecular formula is C17H20N2O2. The van der Waals surface area contributed by atoms with Gasteiger partial charge in [-0.2, -0.15) is 0 Å². The molecule has 2 aromatic rings. The molecule has 0 aliphatic carbocycles. The van der Waals surface area contributed by atoms with E-state index in [4.69, 9.17) is 10.5 Å². The fraction of sp³-hybridized carbons (Fsp3) is 0.235. The normalized spacial score (nSPS) is 10.1. The van der Waals surface area contributed by atoms with E-state index in [1.807, 2.05) is 18.2 Å². The zero-order valence-corrected chi connectivity index (χ0v) is 12.1. The minimum Gasteiger partial charge on any atom is -0.491 e. The van der Waals surface area contributed by atoms with E-state index in [0.717, 1.165) is 12.8 Å². The predicted molar refractivity (Wildman–Crippen MR) is 84.5 cm³/mol. The van der Waals surface area contributed by atoms with Crippen LogP contribution >= 0.6 is 0 Å². The molecule has 0 radical (unpaired) electrons. The second-order valence-electron chi connectivity index (χ2n) is 4.77. The number of hydrogen-bond donors (Lipinski definition) is 2. The first kappa shape index (κ1) is 14.9. The molecule has 0 atom stereocenters. The lowest BCUT2D eigenvalue weighted by Crippen LogP contribution is -2.18. The van der Waals surface area contributed by atoms with Crippen LogP contribution in [0.4, 0.5) is 5.69 Å². The Morgan fingerprint density at radius 3 is 2.62 bits per heavy atom. The molecule has 0 spiro atoms.